The van der Waals surface area contributed by atoms with E-state index in [0.29, 0.717) is 0 Å². The first kappa shape index (κ1) is 18.1. The SMILES string of the molecule is CCCCOCCNCc1cc(OC)c(OC)cc1SC. The largest absolute Gasteiger partial charge is 0.493 e. The van der Waals surface area contributed by atoms with E-state index in [1.807, 2.05) is 12.1 Å². The van der Waals surface area contributed by atoms with Crippen molar-refractivity contribution in [3.63, 3.8) is 0 Å². The van der Waals surface area contributed by atoms with E-state index in [1.54, 1.807) is 26.0 Å². The van der Waals surface area contributed by atoms with E-state index in [-0.39, 0.29) is 0 Å². The molecule has 5 heteroatoms. The molecule has 0 saturated carbocycles. The van der Waals surface area contributed by atoms with Crippen LogP contribution in [0.1, 0.15) is 25.3 Å². The van der Waals surface area contributed by atoms with Crippen molar-refractivity contribution in [1.29, 1.82) is 0 Å². The molecular formula is C16H27NO3S. The lowest BCUT2D eigenvalue weighted by atomic mass is 10.2. The van der Waals surface area contributed by atoms with Crippen molar-refractivity contribution in [2.75, 3.05) is 40.2 Å². The zero-order valence-electron chi connectivity index (χ0n) is 13.5. The normalized spacial score (nSPS) is 10.7. The summed E-state index contributed by atoms with van der Waals surface area (Å²) < 4.78 is 16.2. The van der Waals surface area contributed by atoms with E-state index in [0.717, 1.165) is 44.2 Å². The van der Waals surface area contributed by atoms with Crippen LogP contribution in [0.4, 0.5) is 0 Å². The van der Waals surface area contributed by atoms with E-state index in [2.05, 4.69) is 18.5 Å². The molecular weight excluding hydrogens is 286 g/mol. The average molecular weight is 313 g/mol. The highest BCUT2D eigenvalue weighted by Crippen LogP contribution is 2.34. The van der Waals surface area contributed by atoms with Gasteiger partial charge in [0.15, 0.2) is 11.5 Å². The fourth-order valence-electron chi connectivity index (χ4n) is 1.95. The highest BCUT2D eigenvalue weighted by atomic mass is 32.2. The maximum atomic E-state index is 5.54. The molecule has 4 nitrogen and oxygen atoms in total. The zero-order valence-corrected chi connectivity index (χ0v) is 14.3. The first-order valence-electron chi connectivity index (χ1n) is 7.34. The zero-order chi connectivity index (χ0) is 15.5. The van der Waals surface area contributed by atoms with Crippen LogP contribution in [0, 0.1) is 0 Å². The lowest BCUT2D eigenvalue weighted by Gasteiger charge is -2.14. The maximum absolute atomic E-state index is 5.54. The van der Waals surface area contributed by atoms with Crippen LogP contribution < -0.4 is 14.8 Å². The summed E-state index contributed by atoms with van der Waals surface area (Å²) in [5.74, 6) is 1.54. The molecule has 0 aliphatic rings. The quantitative estimate of drug-likeness (QED) is 0.501. The smallest absolute Gasteiger partial charge is 0.161 e. The lowest BCUT2D eigenvalue weighted by molar-refractivity contribution is 0.133. The number of rotatable bonds is 11. The summed E-state index contributed by atoms with van der Waals surface area (Å²) in [4.78, 5) is 1.20. The third-order valence-electron chi connectivity index (χ3n) is 3.17. The average Bonchev–Trinajstić information content (AvgIpc) is 2.53. The first-order chi connectivity index (χ1) is 10.3. The predicted molar refractivity (Wildman–Crippen MR) is 88.8 cm³/mol. The minimum atomic E-state index is 0.752. The molecule has 0 unspecified atom stereocenters. The molecule has 0 aliphatic heterocycles. The van der Waals surface area contributed by atoms with Crippen molar-refractivity contribution in [3.05, 3.63) is 17.7 Å². The second-order valence-electron chi connectivity index (χ2n) is 4.66. The Labute approximate surface area is 132 Å². The summed E-state index contributed by atoms with van der Waals surface area (Å²) in [6.45, 7) is 5.43. The summed E-state index contributed by atoms with van der Waals surface area (Å²) in [5.41, 5.74) is 1.22. The van der Waals surface area contributed by atoms with Crippen LogP contribution in [-0.2, 0) is 11.3 Å². The molecule has 0 bridgehead atoms. The molecule has 0 fully saturated rings. The van der Waals surface area contributed by atoms with Gasteiger partial charge in [-0.1, -0.05) is 13.3 Å². The van der Waals surface area contributed by atoms with Crippen LogP contribution >= 0.6 is 11.8 Å². The Bertz CT molecular complexity index is 413. The molecule has 0 atom stereocenters. The van der Waals surface area contributed by atoms with Crippen molar-refractivity contribution in [2.45, 2.75) is 31.2 Å². The summed E-state index contributed by atoms with van der Waals surface area (Å²) in [7, 11) is 3.32. The van der Waals surface area contributed by atoms with Gasteiger partial charge < -0.3 is 19.5 Å². The van der Waals surface area contributed by atoms with Gasteiger partial charge in [-0.25, -0.2) is 0 Å². The van der Waals surface area contributed by atoms with Crippen molar-refractivity contribution < 1.29 is 14.2 Å². The Morgan fingerprint density at radius 2 is 1.81 bits per heavy atom. The highest BCUT2D eigenvalue weighted by Gasteiger charge is 2.10. The minimum absolute atomic E-state index is 0.752. The van der Waals surface area contributed by atoms with Gasteiger partial charge in [0, 0.05) is 24.6 Å². The Kier molecular flexibility index (Phi) is 9.30. The number of benzene rings is 1. The van der Waals surface area contributed by atoms with E-state index in [4.69, 9.17) is 14.2 Å². The molecule has 1 rings (SSSR count). The Morgan fingerprint density at radius 3 is 2.43 bits per heavy atom. The maximum Gasteiger partial charge on any atom is 0.161 e. The van der Waals surface area contributed by atoms with Gasteiger partial charge in [0.05, 0.1) is 20.8 Å². The highest BCUT2D eigenvalue weighted by molar-refractivity contribution is 7.98. The fraction of sp³-hybridized carbons (Fsp3) is 0.625. The van der Waals surface area contributed by atoms with E-state index < -0.39 is 0 Å². The van der Waals surface area contributed by atoms with Crippen LogP contribution in [0.3, 0.4) is 0 Å². The number of thioether (sulfide) groups is 1. The van der Waals surface area contributed by atoms with Gasteiger partial charge in [0.1, 0.15) is 0 Å². The monoisotopic (exact) mass is 313 g/mol. The third kappa shape index (κ3) is 6.16. The molecule has 0 spiro atoms. The number of nitrogens with one attached hydrogen (secondary N) is 1. The second-order valence-corrected chi connectivity index (χ2v) is 5.51. The van der Waals surface area contributed by atoms with Gasteiger partial charge in [0.25, 0.3) is 0 Å². The molecule has 0 aromatic heterocycles. The van der Waals surface area contributed by atoms with Crippen molar-refractivity contribution >= 4 is 11.8 Å². The molecule has 120 valence electrons. The topological polar surface area (TPSA) is 39.7 Å². The number of methoxy groups -OCH3 is 2. The number of hydrogen-bond acceptors (Lipinski definition) is 5. The predicted octanol–water partition coefficient (Wildman–Crippen LogP) is 3.33. The Balaban J connectivity index is 2.49. The van der Waals surface area contributed by atoms with Gasteiger partial charge >= 0.3 is 0 Å². The lowest BCUT2D eigenvalue weighted by Crippen LogP contribution is -2.20. The standard InChI is InChI=1S/C16H27NO3S/c1-5-6-8-20-9-7-17-12-13-10-14(18-2)15(19-3)11-16(13)21-4/h10-11,17H,5-9,12H2,1-4H3. The molecule has 0 heterocycles. The number of hydrogen-bond donors (Lipinski definition) is 1. The van der Waals surface area contributed by atoms with Crippen LogP contribution in [0.15, 0.2) is 17.0 Å². The molecule has 0 radical (unpaired) electrons. The third-order valence-corrected chi connectivity index (χ3v) is 3.99. The van der Waals surface area contributed by atoms with Gasteiger partial charge in [0.2, 0.25) is 0 Å². The number of ether oxygens (including phenoxy) is 3. The summed E-state index contributed by atoms with van der Waals surface area (Å²) in [6.07, 6.45) is 4.38. The number of unbranched alkanes of at least 4 members (excludes halogenated alkanes) is 1. The van der Waals surface area contributed by atoms with Gasteiger partial charge in [-0.15, -0.1) is 11.8 Å². The van der Waals surface area contributed by atoms with E-state index >= 15 is 0 Å². The summed E-state index contributed by atoms with van der Waals surface area (Å²) in [6, 6.07) is 4.06. The van der Waals surface area contributed by atoms with Crippen LogP contribution in [0.5, 0.6) is 11.5 Å². The van der Waals surface area contributed by atoms with Gasteiger partial charge in [-0.3, -0.25) is 0 Å². The molecule has 1 N–H and O–H groups in total. The van der Waals surface area contributed by atoms with Crippen LogP contribution in [-0.4, -0.2) is 40.2 Å². The van der Waals surface area contributed by atoms with Crippen molar-refractivity contribution in [1.82, 2.24) is 5.32 Å². The Morgan fingerprint density at radius 1 is 1.10 bits per heavy atom. The van der Waals surface area contributed by atoms with Crippen LogP contribution in [0.25, 0.3) is 0 Å². The second kappa shape index (κ2) is 10.8. The summed E-state index contributed by atoms with van der Waals surface area (Å²) >= 11 is 1.71. The van der Waals surface area contributed by atoms with E-state index in [9.17, 15) is 0 Å². The van der Waals surface area contributed by atoms with Crippen LogP contribution in [0.2, 0.25) is 0 Å². The van der Waals surface area contributed by atoms with Gasteiger partial charge in [-0.05, 0) is 30.4 Å². The fourth-order valence-corrected chi connectivity index (χ4v) is 2.56. The molecule has 1 aromatic rings. The molecule has 21 heavy (non-hydrogen) atoms. The minimum Gasteiger partial charge on any atom is -0.493 e. The molecule has 0 saturated heterocycles. The Hall–Kier alpha value is -0.910. The summed E-state index contributed by atoms with van der Waals surface area (Å²) in [5, 5.41) is 3.41. The molecule has 0 amide bonds. The van der Waals surface area contributed by atoms with Crippen molar-refractivity contribution in [3.8, 4) is 11.5 Å². The molecule has 1 aromatic carbocycles. The first-order valence-corrected chi connectivity index (χ1v) is 8.56. The molecule has 0 aliphatic carbocycles. The van der Waals surface area contributed by atoms with E-state index in [1.165, 1.54) is 16.9 Å². The van der Waals surface area contributed by atoms with Gasteiger partial charge in [-0.2, -0.15) is 0 Å². The van der Waals surface area contributed by atoms with Crippen molar-refractivity contribution in [2.24, 2.45) is 0 Å².